The Bertz CT molecular complexity index is 726. The summed E-state index contributed by atoms with van der Waals surface area (Å²) in [6.45, 7) is -0.0971. The molecule has 0 fully saturated rings. The van der Waals surface area contributed by atoms with E-state index in [1.54, 1.807) is 41.6 Å². The lowest BCUT2D eigenvalue weighted by molar-refractivity contribution is 0.128. The summed E-state index contributed by atoms with van der Waals surface area (Å²) in [6.07, 6.45) is 1.59. The molecule has 0 heterocycles. The maximum atomic E-state index is 13.7. The third-order valence-corrected chi connectivity index (χ3v) is 3.54. The molecule has 0 aliphatic heterocycles. The number of benzene rings is 2. The third kappa shape index (κ3) is 5.22. The molecule has 0 amide bonds. The molecule has 0 saturated heterocycles. The lowest BCUT2D eigenvalue weighted by atomic mass is 10.2. The van der Waals surface area contributed by atoms with Gasteiger partial charge in [0.15, 0.2) is 5.84 Å². The number of hydrogen-bond donors (Lipinski definition) is 0. The maximum absolute atomic E-state index is 13.7. The van der Waals surface area contributed by atoms with Crippen LogP contribution in [0.4, 0.5) is 4.39 Å². The van der Waals surface area contributed by atoms with Crippen LogP contribution < -0.4 is 0 Å². The minimum absolute atomic E-state index is 0.0971. The highest BCUT2D eigenvalue weighted by Crippen LogP contribution is 2.20. The van der Waals surface area contributed by atoms with Gasteiger partial charge in [-0.2, -0.15) is 0 Å². The van der Waals surface area contributed by atoms with Crippen LogP contribution in [0.1, 0.15) is 11.1 Å². The van der Waals surface area contributed by atoms with Gasteiger partial charge in [0.2, 0.25) is 0 Å². The number of nitrogens with zero attached hydrogens (tertiary/aromatic N) is 3. The standard InChI is InChI=1S/C17H16Cl2FN3O/c1-23(2)11-21-17(12-6-8-13(18)9-7-12)22-24-10-14-15(19)4-3-5-16(14)20/h3-9,11H,10H2,1-2H3/b21-11?,22-17-. The highest BCUT2D eigenvalue weighted by atomic mass is 35.5. The van der Waals surface area contributed by atoms with E-state index in [1.807, 2.05) is 14.1 Å². The summed E-state index contributed by atoms with van der Waals surface area (Å²) in [6, 6.07) is 11.4. The van der Waals surface area contributed by atoms with E-state index in [-0.39, 0.29) is 17.2 Å². The predicted molar refractivity (Wildman–Crippen MR) is 96.4 cm³/mol. The van der Waals surface area contributed by atoms with Gasteiger partial charge in [-0.1, -0.05) is 34.4 Å². The predicted octanol–water partition coefficient (Wildman–Crippen LogP) is 4.60. The molecule has 24 heavy (non-hydrogen) atoms. The highest BCUT2D eigenvalue weighted by molar-refractivity contribution is 6.31. The Morgan fingerprint density at radius 2 is 1.88 bits per heavy atom. The number of halogens is 3. The van der Waals surface area contributed by atoms with Gasteiger partial charge in [0.25, 0.3) is 0 Å². The molecule has 0 radical (unpaired) electrons. The molecule has 2 aromatic carbocycles. The maximum Gasteiger partial charge on any atom is 0.200 e. The Balaban J connectivity index is 2.20. The SMILES string of the molecule is CN(C)C=N/C(=N\OCc1c(F)cccc1Cl)c1ccc(Cl)cc1. The normalized spacial score (nSPS) is 11.8. The molecule has 0 atom stereocenters. The molecular formula is C17H16Cl2FN3O. The summed E-state index contributed by atoms with van der Waals surface area (Å²) < 4.78 is 13.7. The molecule has 0 saturated carbocycles. The molecular weight excluding hydrogens is 352 g/mol. The summed E-state index contributed by atoms with van der Waals surface area (Å²) >= 11 is 11.9. The summed E-state index contributed by atoms with van der Waals surface area (Å²) in [5.41, 5.74) is 0.965. The van der Waals surface area contributed by atoms with Crippen molar-refractivity contribution in [2.75, 3.05) is 14.1 Å². The van der Waals surface area contributed by atoms with Crippen molar-refractivity contribution in [1.82, 2.24) is 4.90 Å². The first kappa shape index (κ1) is 18.2. The average Bonchev–Trinajstić information content (AvgIpc) is 2.54. The first-order valence-corrected chi connectivity index (χ1v) is 7.82. The minimum Gasteiger partial charge on any atom is -0.389 e. The van der Waals surface area contributed by atoms with Crippen molar-refractivity contribution in [3.05, 3.63) is 69.5 Å². The van der Waals surface area contributed by atoms with E-state index >= 15 is 0 Å². The van der Waals surface area contributed by atoms with Gasteiger partial charge in [0.05, 0.1) is 11.4 Å². The number of amidine groups is 1. The molecule has 7 heteroatoms. The molecule has 0 aliphatic rings. The second-order valence-corrected chi connectivity index (χ2v) is 5.95. The zero-order valence-corrected chi connectivity index (χ0v) is 14.7. The quantitative estimate of drug-likeness (QED) is 0.439. The van der Waals surface area contributed by atoms with Crippen molar-refractivity contribution >= 4 is 35.4 Å². The molecule has 0 bridgehead atoms. The fourth-order valence-electron chi connectivity index (χ4n) is 1.75. The van der Waals surface area contributed by atoms with Crippen LogP contribution in [-0.2, 0) is 11.4 Å². The second kappa shape index (κ2) is 8.66. The smallest absolute Gasteiger partial charge is 0.200 e. The van der Waals surface area contributed by atoms with Crippen molar-refractivity contribution in [2.24, 2.45) is 10.1 Å². The Morgan fingerprint density at radius 1 is 1.17 bits per heavy atom. The average molecular weight is 368 g/mol. The molecule has 126 valence electrons. The zero-order chi connectivity index (χ0) is 17.5. The lowest BCUT2D eigenvalue weighted by Gasteiger charge is -2.07. The van der Waals surface area contributed by atoms with Crippen LogP contribution in [0.3, 0.4) is 0 Å². The fraction of sp³-hybridized carbons (Fsp3) is 0.176. The Hall–Kier alpha value is -2.11. The number of rotatable bonds is 5. The van der Waals surface area contributed by atoms with Gasteiger partial charge < -0.3 is 9.74 Å². The number of aliphatic imine (C=N–C) groups is 1. The second-order valence-electron chi connectivity index (χ2n) is 5.10. The van der Waals surface area contributed by atoms with E-state index in [0.29, 0.717) is 10.9 Å². The molecule has 0 unspecified atom stereocenters. The van der Waals surface area contributed by atoms with Gasteiger partial charge in [-0.3, -0.25) is 0 Å². The van der Waals surface area contributed by atoms with E-state index in [4.69, 9.17) is 28.0 Å². The van der Waals surface area contributed by atoms with Crippen LogP contribution in [0, 0.1) is 5.82 Å². The van der Waals surface area contributed by atoms with Gasteiger partial charge in [-0.25, -0.2) is 9.38 Å². The minimum atomic E-state index is -0.442. The summed E-state index contributed by atoms with van der Waals surface area (Å²) in [4.78, 5) is 11.3. The van der Waals surface area contributed by atoms with Crippen molar-refractivity contribution in [3.63, 3.8) is 0 Å². The van der Waals surface area contributed by atoms with Crippen LogP contribution in [0.25, 0.3) is 0 Å². The molecule has 0 N–H and O–H groups in total. The van der Waals surface area contributed by atoms with Crippen LogP contribution in [0.2, 0.25) is 10.0 Å². The Morgan fingerprint density at radius 3 is 2.50 bits per heavy atom. The van der Waals surface area contributed by atoms with Gasteiger partial charge in [0.1, 0.15) is 12.4 Å². The summed E-state index contributed by atoms with van der Waals surface area (Å²) in [5, 5.41) is 4.89. The third-order valence-electron chi connectivity index (χ3n) is 2.93. The summed E-state index contributed by atoms with van der Waals surface area (Å²) in [5.74, 6) is -0.102. The molecule has 0 aromatic heterocycles. The van der Waals surface area contributed by atoms with Gasteiger partial charge in [0, 0.05) is 30.2 Å². The van der Waals surface area contributed by atoms with Crippen LogP contribution in [-0.4, -0.2) is 31.2 Å². The largest absolute Gasteiger partial charge is 0.389 e. The monoisotopic (exact) mass is 367 g/mol. The fourth-order valence-corrected chi connectivity index (χ4v) is 2.09. The topological polar surface area (TPSA) is 37.2 Å². The van der Waals surface area contributed by atoms with E-state index in [9.17, 15) is 4.39 Å². The molecule has 2 aromatic rings. The molecule has 0 spiro atoms. The van der Waals surface area contributed by atoms with Crippen LogP contribution >= 0.6 is 23.2 Å². The van der Waals surface area contributed by atoms with Gasteiger partial charge in [-0.05, 0) is 36.4 Å². The van der Waals surface area contributed by atoms with Crippen molar-refractivity contribution in [2.45, 2.75) is 6.61 Å². The lowest BCUT2D eigenvalue weighted by Crippen LogP contribution is -2.10. The Kier molecular flexibility index (Phi) is 6.58. The first-order valence-electron chi connectivity index (χ1n) is 7.07. The zero-order valence-electron chi connectivity index (χ0n) is 13.2. The van der Waals surface area contributed by atoms with Crippen molar-refractivity contribution < 1.29 is 9.23 Å². The van der Waals surface area contributed by atoms with E-state index in [0.717, 1.165) is 5.56 Å². The molecule has 4 nitrogen and oxygen atoms in total. The molecule has 0 aliphatic carbocycles. The van der Waals surface area contributed by atoms with Gasteiger partial charge >= 0.3 is 0 Å². The van der Waals surface area contributed by atoms with E-state index < -0.39 is 5.82 Å². The van der Waals surface area contributed by atoms with Gasteiger partial charge in [-0.15, -0.1) is 0 Å². The van der Waals surface area contributed by atoms with Crippen molar-refractivity contribution in [3.8, 4) is 0 Å². The molecule has 2 rings (SSSR count). The number of hydrogen-bond acceptors (Lipinski definition) is 2. The highest BCUT2D eigenvalue weighted by Gasteiger charge is 2.08. The van der Waals surface area contributed by atoms with Crippen LogP contribution in [0.5, 0.6) is 0 Å². The van der Waals surface area contributed by atoms with Crippen molar-refractivity contribution in [1.29, 1.82) is 0 Å². The van der Waals surface area contributed by atoms with Crippen LogP contribution in [0.15, 0.2) is 52.6 Å². The van der Waals surface area contributed by atoms with E-state index in [1.165, 1.54) is 12.1 Å². The Labute approximate surface area is 150 Å². The number of oxime groups is 1. The van der Waals surface area contributed by atoms with E-state index in [2.05, 4.69) is 10.1 Å². The first-order chi connectivity index (χ1) is 11.5. The summed E-state index contributed by atoms with van der Waals surface area (Å²) in [7, 11) is 3.67.